The summed E-state index contributed by atoms with van der Waals surface area (Å²) in [7, 11) is -6.72. The van der Waals surface area contributed by atoms with Gasteiger partial charge in [-0.05, 0) is 132 Å². The Kier molecular flexibility index (Phi) is 24.2. The summed E-state index contributed by atoms with van der Waals surface area (Å²) in [6, 6.07) is 30.0. The molecule has 0 saturated carbocycles. The summed E-state index contributed by atoms with van der Waals surface area (Å²) in [5, 5.41) is 17.3. The number of anilines is 9. The first kappa shape index (κ1) is 80.7. The maximum Gasteiger partial charge on any atom is 0.323 e. The van der Waals surface area contributed by atoms with Gasteiger partial charge < -0.3 is 49.1 Å². The van der Waals surface area contributed by atoms with Crippen LogP contribution < -0.4 is 49.1 Å². The van der Waals surface area contributed by atoms with Crippen LogP contribution in [-0.4, -0.2) is 91.8 Å². The number of amides is 6. The van der Waals surface area contributed by atoms with Crippen LogP contribution in [0.4, 0.5) is 88.3 Å². The highest BCUT2D eigenvalue weighted by molar-refractivity contribution is 7.91. The highest BCUT2D eigenvalue weighted by atomic mass is 32.2. The van der Waals surface area contributed by atoms with E-state index in [4.69, 9.17) is 32.2 Å². The van der Waals surface area contributed by atoms with Gasteiger partial charge >= 0.3 is 18.1 Å². The van der Waals surface area contributed by atoms with Crippen LogP contribution in [0.15, 0.2) is 168 Å². The number of aromatic nitrogens is 9. The van der Waals surface area contributed by atoms with E-state index in [0.717, 1.165) is 43.2 Å². The average molecular weight is 1590 g/mol. The van der Waals surface area contributed by atoms with Gasteiger partial charge in [0, 0.05) is 58.5 Å². The Balaban J connectivity index is 0.000000176. The van der Waals surface area contributed by atoms with Gasteiger partial charge in [-0.1, -0.05) is 87.4 Å². The topological polar surface area (TPSA) is 386 Å². The molecule has 12 aromatic rings. The highest BCUT2D eigenvalue weighted by Crippen LogP contribution is 2.45. The minimum Gasteiger partial charge on any atom is -0.368 e. The molecule has 110 heavy (non-hydrogen) atoms. The average Bonchev–Trinajstić information content (AvgIpc) is 1.62. The number of halogens is 5. The summed E-state index contributed by atoms with van der Waals surface area (Å²) in [6.07, 6.45) is 5.70. The highest BCUT2D eigenvalue weighted by Gasteiger charge is 2.29. The molecule has 570 valence electrons. The van der Waals surface area contributed by atoms with E-state index in [2.05, 4.69) is 61.8 Å². The van der Waals surface area contributed by atoms with Crippen LogP contribution in [0, 0.1) is 29.1 Å². The van der Waals surface area contributed by atoms with Gasteiger partial charge in [-0.3, -0.25) is 0 Å². The fraction of sp³-hybridized carbons (Fsp3) is 0.200. The lowest BCUT2D eigenvalue weighted by atomic mass is 9.98. The molecule has 0 fully saturated rings. The molecule has 0 aliphatic heterocycles. The maximum atomic E-state index is 14.7. The van der Waals surface area contributed by atoms with Gasteiger partial charge in [-0.25, -0.2) is 98.0 Å². The van der Waals surface area contributed by atoms with Crippen LogP contribution in [0.1, 0.15) is 84.3 Å². The molecule has 0 radical (unpaired) electrons. The van der Waals surface area contributed by atoms with Crippen LogP contribution in [0.3, 0.4) is 0 Å². The SMILES string of the molecule is CC(C)(C)c1nc(-c2ccnc(N)n2)c(-c2ccc(F)c(NC(=O)Nc3ccc(F)cc3F)c2)s1.CC(C)(C)c1nc(-c2ccnc(N)n2)c(-c2ccc(F)c(NC(=O)Nc3ccc(S(C)(=O)=O)cc3)c2)s1.CCS(=O)(=O)c1ccc(NC(=O)Nc2cc(-c3sc(C(C)(C)C)nc3-c3ccnc(N)n3)ccc2F)cc1. The summed E-state index contributed by atoms with van der Waals surface area (Å²) in [4.78, 5) is 79.1. The van der Waals surface area contributed by atoms with E-state index in [1.165, 1.54) is 125 Å². The van der Waals surface area contributed by atoms with Gasteiger partial charge in [0.1, 0.15) is 46.2 Å². The predicted octanol–water partition coefficient (Wildman–Crippen LogP) is 17.3. The molecule has 35 heteroatoms. The molecule has 0 atom stereocenters. The predicted molar refractivity (Wildman–Crippen MR) is 423 cm³/mol. The molecule has 12 N–H and O–H groups in total. The van der Waals surface area contributed by atoms with Gasteiger partial charge in [-0.15, -0.1) is 34.0 Å². The number of rotatable bonds is 15. The van der Waals surface area contributed by atoms with Crippen molar-refractivity contribution in [3.05, 3.63) is 202 Å². The van der Waals surface area contributed by atoms with Crippen LogP contribution in [0.5, 0.6) is 0 Å². The molecular weight excluding hydrogens is 1520 g/mol. The van der Waals surface area contributed by atoms with E-state index in [1.54, 1.807) is 55.7 Å². The number of sulfone groups is 2. The summed E-state index contributed by atoms with van der Waals surface area (Å²) in [6.45, 7) is 19.9. The molecule has 6 aromatic carbocycles. The lowest BCUT2D eigenvalue weighted by Crippen LogP contribution is -2.20. The zero-order valence-electron chi connectivity index (χ0n) is 60.8. The van der Waals surface area contributed by atoms with Crippen molar-refractivity contribution in [2.24, 2.45) is 0 Å². The molecule has 6 amide bonds. The molecule has 0 aliphatic rings. The number of carbonyl (C=O) groups excluding carboxylic acids is 3. The number of hydrogen-bond donors (Lipinski definition) is 9. The third-order valence-corrected chi connectivity index (χ3v) is 23.0. The van der Waals surface area contributed by atoms with Crippen molar-refractivity contribution in [1.29, 1.82) is 0 Å². The lowest BCUT2D eigenvalue weighted by molar-refractivity contribution is 0.261. The first-order valence-corrected chi connectivity index (χ1v) is 39.2. The van der Waals surface area contributed by atoms with E-state index in [0.29, 0.717) is 73.2 Å². The Morgan fingerprint density at radius 3 is 1.01 bits per heavy atom. The van der Waals surface area contributed by atoms with E-state index < -0.39 is 66.9 Å². The Labute approximate surface area is 641 Å². The molecule has 6 aromatic heterocycles. The zero-order valence-corrected chi connectivity index (χ0v) is 64.8. The summed E-state index contributed by atoms with van der Waals surface area (Å²) in [5.74, 6) is -3.41. The third-order valence-electron chi connectivity index (χ3n) is 15.6. The minimum atomic E-state index is -3.36. The van der Waals surface area contributed by atoms with Gasteiger partial charge in [-0.2, -0.15) is 0 Å². The van der Waals surface area contributed by atoms with E-state index >= 15 is 0 Å². The summed E-state index contributed by atoms with van der Waals surface area (Å²) in [5.41, 5.74) is 21.9. The summed E-state index contributed by atoms with van der Waals surface area (Å²) >= 11 is 4.31. The van der Waals surface area contributed by atoms with E-state index in [1.807, 2.05) is 62.3 Å². The van der Waals surface area contributed by atoms with Crippen molar-refractivity contribution in [2.75, 3.05) is 61.1 Å². The Morgan fingerprint density at radius 1 is 0.391 bits per heavy atom. The smallest absolute Gasteiger partial charge is 0.323 e. The van der Waals surface area contributed by atoms with Crippen LogP contribution in [-0.2, 0) is 35.9 Å². The second-order valence-corrected chi connectivity index (χ2v) is 34.7. The number of hydrogen-bond acceptors (Lipinski definition) is 22. The van der Waals surface area contributed by atoms with Crippen molar-refractivity contribution in [1.82, 2.24) is 44.9 Å². The van der Waals surface area contributed by atoms with Gasteiger partial charge in [0.05, 0.1) is 85.0 Å². The summed E-state index contributed by atoms with van der Waals surface area (Å²) < 4.78 is 118. The number of nitrogen functional groups attached to an aromatic ring is 3. The maximum absolute atomic E-state index is 14.7. The van der Waals surface area contributed by atoms with Crippen molar-refractivity contribution in [2.45, 2.75) is 95.3 Å². The normalized spacial score (nSPS) is 11.7. The van der Waals surface area contributed by atoms with Crippen molar-refractivity contribution < 1.29 is 53.2 Å². The Morgan fingerprint density at radius 2 is 0.709 bits per heavy atom. The number of nitrogens with zero attached hydrogens (tertiary/aromatic N) is 9. The third kappa shape index (κ3) is 20.3. The molecule has 0 aliphatic carbocycles. The fourth-order valence-corrected chi connectivity index (χ4v) is 14.9. The van der Waals surface area contributed by atoms with Crippen molar-refractivity contribution in [3.8, 4) is 65.5 Å². The Hall–Kier alpha value is -11.8. The van der Waals surface area contributed by atoms with Gasteiger partial charge in [0.15, 0.2) is 19.7 Å². The van der Waals surface area contributed by atoms with Crippen molar-refractivity contribution in [3.63, 3.8) is 0 Å². The number of nitrogens with one attached hydrogen (secondary N) is 6. The first-order valence-electron chi connectivity index (χ1n) is 33.2. The first-order chi connectivity index (χ1) is 51.7. The molecule has 6 heterocycles. The van der Waals surface area contributed by atoms with E-state index in [-0.39, 0.29) is 72.4 Å². The fourth-order valence-electron chi connectivity index (χ4n) is 9.97. The minimum absolute atomic E-state index is 0.0286. The number of benzene rings is 6. The van der Waals surface area contributed by atoms with E-state index in [9.17, 15) is 53.2 Å². The second-order valence-electron chi connectivity index (χ2n) is 27.4. The number of urea groups is 3. The Bertz CT molecular complexity index is 5690. The number of nitrogens with two attached hydrogens (primary N) is 3. The number of carbonyl (C=O) groups is 3. The molecule has 0 unspecified atom stereocenters. The van der Waals surface area contributed by atoms with Crippen LogP contribution >= 0.6 is 34.0 Å². The molecule has 12 rings (SSSR count). The molecule has 0 saturated heterocycles. The molecule has 0 bridgehead atoms. The molecular formula is C75H73F5N18O7S5. The quantitative estimate of drug-likeness (QED) is 0.0430. The van der Waals surface area contributed by atoms with Gasteiger partial charge in [0.25, 0.3) is 0 Å². The largest absolute Gasteiger partial charge is 0.368 e. The van der Waals surface area contributed by atoms with Crippen molar-refractivity contribution >= 4 is 124 Å². The van der Waals surface area contributed by atoms with Crippen LogP contribution in [0.25, 0.3) is 65.5 Å². The number of thiazole rings is 3. The van der Waals surface area contributed by atoms with Gasteiger partial charge in [0.2, 0.25) is 17.8 Å². The monoisotopic (exact) mass is 1590 g/mol. The second kappa shape index (κ2) is 33.0. The standard InChI is InChI=1S/C26H27FN6O3S2.C25H25FN6O3S2.C24H21F3N6OS/c1-5-38(35,36)17-9-7-16(8-10-17)30-25(34)32-20-14-15(6-11-18(20)27)22-21(19-12-13-29-24(28)31-19)33-23(37-22)26(2,3)4;1-25(2,3)22-32-20(18-11-12-28-23(27)30-18)21(36-22)14-5-10-17(26)19(13-14)31-24(33)29-15-6-8-16(9-7-15)37(4,34)35;1-24(2,3)21-33-19(17-8-9-29-22(28)30-17)20(35-21)12-4-6-14(26)18(10-12)32-23(34)31-16-7-5-13(25)11-15(16)27/h6-14H,5H2,1-4H3,(H2,28,29,31)(H2,30,32,34);5-13H,1-4H3,(H2,27,28,30)(H2,29,31,33);4-11H,1-3H3,(H2,28,29,30)(H2,31,32,34). The molecule has 25 nitrogen and oxygen atoms in total. The molecule has 0 spiro atoms. The van der Waals surface area contributed by atoms with Crippen LogP contribution in [0.2, 0.25) is 0 Å². The zero-order chi connectivity index (χ0) is 79.9. The lowest BCUT2D eigenvalue weighted by Gasteiger charge is -2.13.